The zero-order valence-corrected chi connectivity index (χ0v) is 12.6. The molecular weight excluding hydrogens is 287 g/mol. The van der Waals surface area contributed by atoms with E-state index in [2.05, 4.69) is 10.2 Å². The summed E-state index contributed by atoms with van der Waals surface area (Å²) in [6, 6.07) is 5.78. The van der Waals surface area contributed by atoms with Gasteiger partial charge in [-0.2, -0.15) is 0 Å². The Morgan fingerprint density at radius 1 is 1.41 bits per heavy atom. The third-order valence-electron chi connectivity index (χ3n) is 3.74. The van der Waals surface area contributed by atoms with Crippen molar-refractivity contribution >= 4 is 5.91 Å². The molecule has 1 fully saturated rings. The molecule has 0 saturated carbocycles. The van der Waals surface area contributed by atoms with E-state index in [1.807, 2.05) is 0 Å². The Labute approximate surface area is 130 Å². The molecule has 5 nitrogen and oxygen atoms in total. The van der Waals surface area contributed by atoms with Crippen molar-refractivity contribution < 1.29 is 19.0 Å². The molecule has 1 aliphatic rings. The third-order valence-corrected chi connectivity index (χ3v) is 3.74. The lowest BCUT2D eigenvalue weighted by atomic mass is 9.99. The van der Waals surface area contributed by atoms with Crippen LogP contribution in [0.3, 0.4) is 0 Å². The number of benzene rings is 1. The molecule has 0 aromatic heterocycles. The normalized spacial score (nSPS) is 18.9. The second kappa shape index (κ2) is 8.70. The summed E-state index contributed by atoms with van der Waals surface area (Å²) in [5.74, 6) is 0.519. The maximum atomic E-state index is 12.7. The molecule has 2 N–H and O–H groups in total. The van der Waals surface area contributed by atoms with E-state index in [1.54, 1.807) is 12.1 Å². The van der Waals surface area contributed by atoms with Gasteiger partial charge in [-0.1, -0.05) is 0 Å². The SMILES string of the molecule is O=C(CN1CCC[C@@H](CO)C1)NCCOc1ccc(F)cc1. The van der Waals surface area contributed by atoms with Gasteiger partial charge in [0.1, 0.15) is 18.2 Å². The number of likely N-dealkylation sites (tertiary alicyclic amines) is 1. The zero-order valence-electron chi connectivity index (χ0n) is 12.6. The molecule has 0 unspecified atom stereocenters. The summed E-state index contributed by atoms with van der Waals surface area (Å²) in [7, 11) is 0. The van der Waals surface area contributed by atoms with Crippen molar-refractivity contribution in [2.45, 2.75) is 12.8 Å². The van der Waals surface area contributed by atoms with Crippen molar-refractivity contribution in [3.8, 4) is 5.75 Å². The van der Waals surface area contributed by atoms with Gasteiger partial charge in [0, 0.05) is 13.2 Å². The predicted octanol–water partition coefficient (Wildman–Crippen LogP) is 1.03. The minimum absolute atomic E-state index is 0.0405. The average molecular weight is 310 g/mol. The monoisotopic (exact) mass is 310 g/mol. The Hall–Kier alpha value is -1.66. The second-order valence-electron chi connectivity index (χ2n) is 5.58. The highest BCUT2D eigenvalue weighted by atomic mass is 19.1. The van der Waals surface area contributed by atoms with Crippen molar-refractivity contribution in [1.82, 2.24) is 10.2 Å². The van der Waals surface area contributed by atoms with Crippen LogP contribution in [0.25, 0.3) is 0 Å². The van der Waals surface area contributed by atoms with Crippen molar-refractivity contribution in [2.24, 2.45) is 5.92 Å². The lowest BCUT2D eigenvalue weighted by Gasteiger charge is -2.31. The van der Waals surface area contributed by atoms with Crippen molar-refractivity contribution in [1.29, 1.82) is 0 Å². The minimum atomic E-state index is -0.302. The first-order valence-corrected chi connectivity index (χ1v) is 7.65. The number of carbonyl (C=O) groups excluding carboxylic acids is 1. The molecule has 1 atom stereocenters. The number of halogens is 1. The van der Waals surface area contributed by atoms with E-state index in [4.69, 9.17) is 4.74 Å². The third kappa shape index (κ3) is 5.61. The van der Waals surface area contributed by atoms with E-state index in [1.165, 1.54) is 12.1 Å². The van der Waals surface area contributed by atoms with Crippen LogP contribution in [0.5, 0.6) is 5.75 Å². The number of ether oxygens (including phenoxy) is 1. The Morgan fingerprint density at radius 2 is 2.18 bits per heavy atom. The minimum Gasteiger partial charge on any atom is -0.492 e. The van der Waals surface area contributed by atoms with Crippen LogP contribution in [-0.4, -0.2) is 55.3 Å². The number of piperidine rings is 1. The largest absolute Gasteiger partial charge is 0.492 e. The summed E-state index contributed by atoms with van der Waals surface area (Å²) in [6.45, 7) is 2.97. The van der Waals surface area contributed by atoms with Crippen molar-refractivity contribution in [3.05, 3.63) is 30.1 Å². The van der Waals surface area contributed by atoms with Gasteiger partial charge in [0.15, 0.2) is 0 Å². The van der Waals surface area contributed by atoms with Crippen LogP contribution in [0.2, 0.25) is 0 Å². The van der Waals surface area contributed by atoms with Gasteiger partial charge < -0.3 is 15.2 Å². The smallest absolute Gasteiger partial charge is 0.234 e. The summed E-state index contributed by atoms with van der Waals surface area (Å²) >= 11 is 0. The maximum absolute atomic E-state index is 12.7. The average Bonchev–Trinajstić information content (AvgIpc) is 2.53. The molecule has 0 bridgehead atoms. The first-order valence-electron chi connectivity index (χ1n) is 7.65. The molecule has 2 rings (SSSR count). The number of nitrogens with one attached hydrogen (secondary N) is 1. The Bertz CT molecular complexity index is 467. The fourth-order valence-electron chi connectivity index (χ4n) is 2.59. The van der Waals surface area contributed by atoms with Crippen LogP contribution >= 0.6 is 0 Å². The van der Waals surface area contributed by atoms with Gasteiger partial charge in [-0.3, -0.25) is 9.69 Å². The van der Waals surface area contributed by atoms with E-state index < -0.39 is 0 Å². The van der Waals surface area contributed by atoms with Crippen LogP contribution in [0.15, 0.2) is 24.3 Å². The molecule has 22 heavy (non-hydrogen) atoms. The first kappa shape index (κ1) is 16.7. The molecule has 6 heteroatoms. The van der Waals surface area contributed by atoms with Crippen LogP contribution in [0, 0.1) is 11.7 Å². The molecule has 0 aliphatic carbocycles. The number of hydrogen-bond acceptors (Lipinski definition) is 4. The molecule has 1 saturated heterocycles. The highest BCUT2D eigenvalue weighted by Crippen LogP contribution is 2.15. The van der Waals surface area contributed by atoms with E-state index in [0.29, 0.717) is 25.4 Å². The molecule has 122 valence electrons. The fraction of sp³-hybridized carbons (Fsp3) is 0.562. The van der Waals surface area contributed by atoms with Gasteiger partial charge in [-0.15, -0.1) is 0 Å². The molecule has 1 amide bonds. The molecule has 0 spiro atoms. The summed E-state index contributed by atoms with van der Waals surface area (Å²) in [5.41, 5.74) is 0. The standard InChI is InChI=1S/C16H23FN2O3/c17-14-3-5-15(6-4-14)22-9-7-18-16(21)11-19-8-1-2-13(10-19)12-20/h3-6,13,20H,1-2,7-12H2,(H,18,21)/t13-/m1/s1. The lowest BCUT2D eigenvalue weighted by molar-refractivity contribution is -0.122. The summed E-state index contributed by atoms with van der Waals surface area (Å²) in [4.78, 5) is 13.9. The van der Waals surface area contributed by atoms with Gasteiger partial charge in [0.05, 0.1) is 13.1 Å². The number of rotatable bonds is 7. The Balaban J connectivity index is 1.60. The molecule has 1 heterocycles. The zero-order chi connectivity index (χ0) is 15.8. The van der Waals surface area contributed by atoms with E-state index in [0.717, 1.165) is 25.9 Å². The van der Waals surface area contributed by atoms with Crippen LogP contribution in [0.1, 0.15) is 12.8 Å². The van der Waals surface area contributed by atoms with E-state index >= 15 is 0 Å². The van der Waals surface area contributed by atoms with Crippen LogP contribution in [-0.2, 0) is 4.79 Å². The predicted molar refractivity (Wildman–Crippen MR) is 81.2 cm³/mol. The molecule has 0 radical (unpaired) electrons. The number of carbonyl (C=O) groups is 1. The van der Waals surface area contributed by atoms with Crippen LogP contribution < -0.4 is 10.1 Å². The topological polar surface area (TPSA) is 61.8 Å². The summed E-state index contributed by atoms with van der Waals surface area (Å²) in [6.07, 6.45) is 2.05. The van der Waals surface area contributed by atoms with Crippen molar-refractivity contribution in [3.63, 3.8) is 0 Å². The fourth-order valence-corrected chi connectivity index (χ4v) is 2.59. The second-order valence-corrected chi connectivity index (χ2v) is 5.58. The summed E-state index contributed by atoms with van der Waals surface area (Å²) in [5, 5.41) is 12.0. The van der Waals surface area contributed by atoms with Gasteiger partial charge in [-0.25, -0.2) is 4.39 Å². The number of amides is 1. The molecular formula is C16H23FN2O3. The highest BCUT2D eigenvalue weighted by molar-refractivity contribution is 5.78. The van der Waals surface area contributed by atoms with Gasteiger partial charge in [0.25, 0.3) is 0 Å². The van der Waals surface area contributed by atoms with Crippen LogP contribution in [0.4, 0.5) is 4.39 Å². The van der Waals surface area contributed by atoms with E-state index in [-0.39, 0.29) is 24.2 Å². The number of aliphatic hydroxyl groups excluding tert-OH is 1. The van der Waals surface area contributed by atoms with Crippen molar-refractivity contribution in [2.75, 3.05) is 39.4 Å². The molecule has 1 aromatic carbocycles. The van der Waals surface area contributed by atoms with Gasteiger partial charge in [0.2, 0.25) is 5.91 Å². The summed E-state index contributed by atoms with van der Waals surface area (Å²) < 4.78 is 18.1. The van der Waals surface area contributed by atoms with Gasteiger partial charge in [-0.05, 0) is 49.6 Å². The quantitative estimate of drug-likeness (QED) is 0.738. The number of nitrogens with zero attached hydrogens (tertiary/aromatic N) is 1. The Kier molecular flexibility index (Phi) is 6.61. The highest BCUT2D eigenvalue weighted by Gasteiger charge is 2.20. The van der Waals surface area contributed by atoms with Gasteiger partial charge >= 0.3 is 0 Å². The Morgan fingerprint density at radius 3 is 2.91 bits per heavy atom. The maximum Gasteiger partial charge on any atom is 0.234 e. The molecule has 1 aromatic rings. The lowest BCUT2D eigenvalue weighted by Crippen LogP contribution is -2.43. The number of hydrogen-bond donors (Lipinski definition) is 2. The first-order chi connectivity index (χ1) is 10.7. The molecule has 1 aliphatic heterocycles. The number of aliphatic hydroxyl groups is 1. The van der Waals surface area contributed by atoms with E-state index in [9.17, 15) is 14.3 Å².